The number of hydrogen-bond donors (Lipinski definition) is 2. The number of carbonyl (C=O) groups is 2. The van der Waals surface area contributed by atoms with E-state index >= 15 is 0 Å². The highest BCUT2D eigenvalue weighted by Gasteiger charge is 1.96. The van der Waals surface area contributed by atoms with Crippen LogP contribution in [0.4, 0.5) is 0 Å². The van der Waals surface area contributed by atoms with Gasteiger partial charge in [-0.2, -0.15) is 9.90 Å². The zero-order valence-electron chi connectivity index (χ0n) is 3.68. The minimum Gasteiger partial charge on any atom is -0.361 e. The van der Waals surface area contributed by atoms with Crippen LogP contribution >= 0.6 is 9.90 Å². The van der Waals surface area contributed by atoms with E-state index in [1.165, 1.54) is 0 Å². The van der Waals surface area contributed by atoms with Crippen molar-refractivity contribution in [3.8, 4) is 0 Å². The Kier molecular flexibility index (Phi) is 4.89. The van der Waals surface area contributed by atoms with Gasteiger partial charge in [0, 0.05) is 0 Å². The predicted octanol–water partition coefficient (Wildman–Crippen LogP) is -1.98. The van der Waals surface area contributed by atoms with Gasteiger partial charge in [0.05, 0.1) is 0 Å². The number of hydrogen-bond acceptors (Lipinski definition) is 2. The van der Waals surface area contributed by atoms with Crippen molar-refractivity contribution in [2.75, 3.05) is 0 Å². The molecule has 0 aromatic heterocycles. The van der Waals surface area contributed by atoms with Crippen molar-refractivity contribution in [3.63, 3.8) is 0 Å². The molecule has 0 fully saturated rings. The average molecular weight is 122 g/mol. The highest BCUT2D eigenvalue weighted by atomic mass is 31.0. The molecule has 0 aromatic rings. The third kappa shape index (κ3) is 5.37. The molecule has 0 aromatic carbocycles. The fourth-order valence-corrected chi connectivity index (χ4v) is 0. The Balaban J connectivity index is 0. The first-order valence-corrected chi connectivity index (χ1v) is 1.24. The molecule has 0 rings (SSSR count). The van der Waals surface area contributed by atoms with Gasteiger partial charge >= 0.3 is 11.8 Å². The number of nitrogens with two attached hydrogens (primary N) is 2. The second-order valence-corrected chi connectivity index (χ2v) is 0.729. The molecule has 0 saturated carbocycles. The first-order chi connectivity index (χ1) is 2.64. The molecule has 0 radical (unpaired) electrons. The Morgan fingerprint density at radius 3 is 1.14 bits per heavy atom. The van der Waals surface area contributed by atoms with E-state index in [0.717, 1.165) is 0 Å². The van der Waals surface area contributed by atoms with Gasteiger partial charge < -0.3 is 11.5 Å². The lowest BCUT2D eigenvalue weighted by Gasteiger charge is -1.75. The summed E-state index contributed by atoms with van der Waals surface area (Å²) < 4.78 is 0. The molecule has 0 aliphatic heterocycles. The van der Waals surface area contributed by atoms with E-state index in [9.17, 15) is 9.59 Å². The Morgan fingerprint density at radius 2 is 1.14 bits per heavy atom. The SMILES string of the molecule is NC(=O)C(N)=O.P. The minimum absolute atomic E-state index is 0. The van der Waals surface area contributed by atoms with Crippen molar-refractivity contribution in [1.29, 1.82) is 0 Å². The Labute approximate surface area is 43.9 Å². The third-order valence-electron chi connectivity index (χ3n) is 0.243. The number of primary amides is 2. The molecule has 0 heterocycles. The van der Waals surface area contributed by atoms with Gasteiger partial charge in [0.25, 0.3) is 0 Å². The fourth-order valence-electron chi connectivity index (χ4n) is 0. The van der Waals surface area contributed by atoms with E-state index in [1.54, 1.807) is 0 Å². The second-order valence-electron chi connectivity index (χ2n) is 0.729. The first kappa shape index (κ1) is 9.62. The Bertz CT molecular complexity index is 79.7. The summed E-state index contributed by atoms with van der Waals surface area (Å²) in [7, 11) is 0. The number of carbonyl (C=O) groups excluding carboxylic acids is 2. The first-order valence-electron chi connectivity index (χ1n) is 1.24. The topological polar surface area (TPSA) is 86.2 Å². The van der Waals surface area contributed by atoms with Gasteiger partial charge in [-0.05, 0) is 0 Å². The summed E-state index contributed by atoms with van der Waals surface area (Å²) in [6, 6.07) is 0. The van der Waals surface area contributed by atoms with Crippen molar-refractivity contribution >= 4 is 21.7 Å². The number of amides is 2. The molecule has 42 valence electrons. The van der Waals surface area contributed by atoms with Gasteiger partial charge in [0.2, 0.25) is 0 Å². The molecule has 0 saturated heterocycles. The molecule has 0 aliphatic carbocycles. The maximum Gasteiger partial charge on any atom is 0.306 e. The standard InChI is InChI=1S/C2H4N2O2.H3P/c3-1(5)2(4)6;/h(H2,3,5)(H2,4,6);1H3. The summed E-state index contributed by atoms with van der Waals surface area (Å²) in [6.45, 7) is 0. The highest BCUT2D eigenvalue weighted by Crippen LogP contribution is 1.44. The lowest BCUT2D eigenvalue weighted by Crippen LogP contribution is -2.29. The molecule has 0 bridgehead atoms. The largest absolute Gasteiger partial charge is 0.361 e. The average Bonchev–Trinajstić information content (AvgIpc) is 1.36. The van der Waals surface area contributed by atoms with E-state index in [2.05, 4.69) is 11.5 Å². The van der Waals surface area contributed by atoms with Gasteiger partial charge in [-0.25, -0.2) is 0 Å². The third-order valence-corrected chi connectivity index (χ3v) is 0.243. The molecule has 4 N–H and O–H groups in total. The predicted molar refractivity (Wildman–Crippen MR) is 29.5 cm³/mol. The van der Waals surface area contributed by atoms with Crippen LogP contribution in [0.3, 0.4) is 0 Å². The van der Waals surface area contributed by atoms with Crippen molar-refractivity contribution < 1.29 is 9.59 Å². The zero-order chi connectivity index (χ0) is 5.15. The summed E-state index contributed by atoms with van der Waals surface area (Å²) in [4.78, 5) is 18.9. The van der Waals surface area contributed by atoms with Crippen LogP contribution in [-0.4, -0.2) is 11.8 Å². The Hall–Kier alpha value is -0.630. The summed E-state index contributed by atoms with van der Waals surface area (Å²) in [5, 5.41) is 0. The van der Waals surface area contributed by atoms with Gasteiger partial charge in [0.15, 0.2) is 0 Å². The summed E-state index contributed by atoms with van der Waals surface area (Å²) in [5.41, 5.74) is 8.64. The van der Waals surface area contributed by atoms with Crippen LogP contribution in [0.15, 0.2) is 0 Å². The van der Waals surface area contributed by atoms with Crippen LogP contribution in [0.25, 0.3) is 0 Å². The highest BCUT2D eigenvalue weighted by molar-refractivity contribution is 6.92. The summed E-state index contributed by atoms with van der Waals surface area (Å²) in [5.74, 6) is -2.20. The molecule has 1 atom stereocenters. The Morgan fingerprint density at radius 1 is 1.00 bits per heavy atom. The van der Waals surface area contributed by atoms with Crippen LogP contribution in [0.2, 0.25) is 0 Å². The molecule has 4 nitrogen and oxygen atoms in total. The minimum atomic E-state index is -1.10. The van der Waals surface area contributed by atoms with E-state index in [1.807, 2.05) is 0 Å². The second kappa shape index (κ2) is 3.56. The van der Waals surface area contributed by atoms with Crippen molar-refractivity contribution in [3.05, 3.63) is 0 Å². The van der Waals surface area contributed by atoms with Crippen molar-refractivity contribution in [2.24, 2.45) is 11.5 Å². The van der Waals surface area contributed by atoms with E-state index in [-0.39, 0.29) is 9.90 Å². The smallest absolute Gasteiger partial charge is 0.306 e. The molecule has 2 amide bonds. The van der Waals surface area contributed by atoms with E-state index in [0.29, 0.717) is 0 Å². The monoisotopic (exact) mass is 122 g/mol. The van der Waals surface area contributed by atoms with Gasteiger partial charge in [-0.1, -0.05) is 0 Å². The summed E-state index contributed by atoms with van der Waals surface area (Å²) in [6.07, 6.45) is 0. The summed E-state index contributed by atoms with van der Waals surface area (Å²) >= 11 is 0. The molecular weight excluding hydrogens is 115 g/mol. The van der Waals surface area contributed by atoms with E-state index < -0.39 is 11.8 Å². The van der Waals surface area contributed by atoms with Gasteiger partial charge in [-0.15, -0.1) is 0 Å². The molecule has 0 aliphatic rings. The van der Waals surface area contributed by atoms with Crippen LogP contribution in [-0.2, 0) is 9.59 Å². The molecule has 1 unspecified atom stereocenters. The van der Waals surface area contributed by atoms with Crippen LogP contribution in [0.1, 0.15) is 0 Å². The van der Waals surface area contributed by atoms with Crippen molar-refractivity contribution in [2.45, 2.75) is 0 Å². The van der Waals surface area contributed by atoms with Crippen molar-refractivity contribution in [1.82, 2.24) is 0 Å². The van der Waals surface area contributed by atoms with E-state index in [4.69, 9.17) is 0 Å². The van der Waals surface area contributed by atoms with Gasteiger partial charge in [-0.3, -0.25) is 9.59 Å². The lowest BCUT2D eigenvalue weighted by molar-refractivity contribution is -0.135. The van der Waals surface area contributed by atoms with Crippen LogP contribution in [0, 0.1) is 0 Å². The van der Waals surface area contributed by atoms with Gasteiger partial charge in [0.1, 0.15) is 0 Å². The maximum atomic E-state index is 9.45. The normalized spacial score (nSPS) is 6.29. The van der Waals surface area contributed by atoms with Crippen LogP contribution in [0.5, 0.6) is 0 Å². The lowest BCUT2D eigenvalue weighted by atomic mass is 10.6. The molecule has 7 heavy (non-hydrogen) atoms. The number of rotatable bonds is 0. The maximum absolute atomic E-state index is 9.45. The molecule has 0 spiro atoms. The zero-order valence-corrected chi connectivity index (χ0v) is 5.09. The fraction of sp³-hybridized carbons (Fsp3) is 0. The molecular formula is C2H7N2O2P. The quantitative estimate of drug-likeness (QED) is 0.288. The molecule has 5 heteroatoms. The van der Waals surface area contributed by atoms with Crippen LogP contribution < -0.4 is 11.5 Å².